The van der Waals surface area contributed by atoms with E-state index in [4.69, 9.17) is 0 Å². The Balaban J connectivity index is 0.00000240. The lowest BCUT2D eigenvalue weighted by molar-refractivity contribution is -0.0573. The first-order valence-electron chi connectivity index (χ1n) is 12.6. The van der Waals surface area contributed by atoms with E-state index in [-0.39, 0.29) is 30.1 Å². The monoisotopic (exact) mass is 514 g/mol. The minimum absolute atomic E-state index is 0. The number of rotatable bonds is 5. The van der Waals surface area contributed by atoms with Gasteiger partial charge in [-0.05, 0) is 97.7 Å². The van der Waals surface area contributed by atoms with Crippen LogP contribution in [0.2, 0.25) is 0 Å². The van der Waals surface area contributed by atoms with E-state index in [0.717, 1.165) is 48.3 Å². The van der Waals surface area contributed by atoms with E-state index in [1.165, 1.54) is 57.8 Å². The Hall–Kier alpha value is 0.430. The summed E-state index contributed by atoms with van der Waals surface area (Å²) < 4.78 is 0. The Morgan fingerprint density at radius 2 is 1.76 bits per heavy atom. The van der Waals surface area contributed by atoms with Gasteiger partial charge in [0, 0.05) is 0 Å². The number of aliphatic hydroxyl groups excluding tert-OH is 1. The molecule has 0 heterocycles. The minimum atomic E-state index is -0.0766. The second kappa shape index (κ2) is 9.12. The van der Waals surface area contributed by atoms with Gasteiger partial charge in [-0.15, -0.1) is 24.0 Å². The van der Waals surface area contributed by atoms with Gasteiger partial charge in [0.1, 0.15) is 0 Å². The van der Waals surface area contributed by atoms with Crippen molar-refractivity contribution in [2.75, 3.05) is 0 Å². The third-order valence-corrected chi connectivity index (χ3v) is 10.3. The molecule has 0 aromatic rings. The largest absolute Gasteiger partial charge is 0.393 e. The van der Waals surface area contributed by atoms with Gasteiger partial charge in [-0.3, -0.25) is 0 Å². The molecule has 0 aromatic heterocycles. The van der Waals surface area contributed by atoms with Crippen LogP contribution < -0.4 is 0 Å². The number of allylic oxidation sites excluding steroid dienone is 1. The summed E-state index contributed by atoms with van der Waals surface area (Å²) in [6.07, 6.45) is 17.2. The molecule has 29 heavy (non-hydrogen) atoms. The summed E-state index contributed by atoms with van der Waals surface area (Å²) >= 11 is 0. The molecule has 0 spiro atoms. The second-order valence-corrected chi connectivity index (χ2v) is 12.2. The molecule has 8 atom stereocenters. The van der Waals surface area contributed by atoms with Gasteiger partial charge in [-0.2, -0.15) is 0 Å². The van der Waals surface area contributed by atoms with Gasteiger partial charge < -0.3 is 5.11 Å². The van der Waals surface area contributed by atoms with Crippen molar-refractivity contribution >= 4 is 24.0 Å². The standard InChI is InChI=1S/C27H46O.HI/c1-18(2)7-6-8-19(3)23-11-12-24-22-10-9-20-17-21(28)13-15-26(20,4)25(22)14-16-27(23,24)5;/h9,18-19,21-25,28H,6-8,10-17H2,1-5H3;1H/t19-,21+,22+,23-,24+,25+,26+,27-;/m1./s1. The first-order chi connectivity index (χ1) is 13.3. The lowest BCUT2D eigenvalue weighted by Gasteiger charge is -2.58. The van der Waals surface area contributed by atoms with Crippen LogP contribution in [-0.4, -0.2) is 11.2 Å². The second-order valence-electron chi connectivity index (χ2n) is 12.2. The summed E-state index contributed by atoms with van der Waals surface area (Å²) in [6, 6.07) is 0. The van der Waals surface area contributed by atoms with Gasteiger partial charge in [-0.1, -0.05) is 65.5 Å². The fraction of sp³-hybridized carbons (Fsp3) is 0.926. The fourth-order valence-corrected chi connectivity index (χ4v) is 8.67. The summed E-state index contributed by atoms with van der Waals surface area (Å²) in [6.45, 7) is 12.6. The van der Waals surface area contributed by atoms with E-state index in [9.17, 15) is 5.11 Å². The molecule has 0 radical (unpaired) electrons. The maximum absolute atomic E-state index is 10.2. The quantitative estimate of drug-likeness (QED) is 0.291. The van der Waals surface area contributed by atoms with Gasteiger partial charge in [0.15, 0.2) is 0 Å². The number of hydrogen-bond acceptors (Lipinski definition) is 1. The zero-order valence-corrected chi connectivity index (χ0v) is 22.1. The molecule has 4 aliphatic carbocycles. The molecule has 1 nitrogen and oxygen atoms in total. The van der Waals surface area contributed by atoms with Crippen molar-refractivity contribution in [3.8, 4) is 0 Å². The van der Waals surface area contributed by atoms with Gasteiger partial charge >= 0.3 is 0 Å². The van der Waals surface area contributed by atoms with Gasteiger partial charge in [0.05, 0.1) is 6.10 Å². The number of halogens is 1. The maximum Gasteiger partial charge on any atom is 0.0577 e. The van der Waals surface area contributed by atoms with Crippen molar-refractivity contribution in [1.29, 1.82) is 0 Å². The van der Waals surface area contributed by atoms with Crippen LogP contribution in [0.4, 0.5) is 0 Å². The summed E-state index contributed by atoms with van der Waals surface area (Å²) in [7, 11) is 0. The molecule has 2 heteroatoms. The molecule has 4 aliphatic rings. The van der Waals surface area contributed by atoms with Crippen LogP contribution in [0.1, 0.15) is 105 Å². The topological polar surface area (TPSA) is 20.2 Å². The molecule has 0 aromatic carbocycles. The van der Waals surface area contributed by atoms with Crippen LogP contribution in [0.25, 0.3) is 0 Å². The first kappa shape index (κ1) is 24.1. The highest BCUT2D eigenvalue weighted by molar-refractivity contribution is 14.0. The molecule has 0 saturated heterocycles. The first-order valence-corrected chi connectivity index (χ1v) is 12.6. The molecular formula is C27H47IO. The normalized spacial score (nSPS) is 44.9. The van der Waals surface area contributed by atoms with E-state index in [0.29, 0.717) is 10.8 Å². The van der Waals surface area contributed by atoms with Crippen LogP contribution in [0, 0.1) is 46.3 Å². The van der Waals surface area contributed by atoms with Crippen molar-refractivity contribution in [2.45, 2.75) is 111 Å². The molecular weight excluding hydrogens is 467 g/mol. The predicted molar refractivity (Wildman–Crippen MR) is 134 cm³/mol. The summed E-state index contributed by atoms with van der Waals surface area (Å²) in [5.74, 6) is 5.46. The average Bonchev–Trinajstić information content (AvgIpc) is 2.99. The highest BCUT2D eigenvalue weighted by Crippen LogP contribution is 2.67. The third kappa shape index (κ3) is 4.24. The Morgan fingerprint density at radius 1 is 1.00 bits per heavy atom. The van der Waals surface area contributed by atoms with Crippen LogP contribution >= 0.6 is 24.0 Å². The number of fused-ring (bicyclic) bond motifs is 5. The Labute approximate surface area is 197 Å². The SMILES string of the molecule is CC(C)CCC[C@@H](C)[C@H]1CC[C@H]2[C@@H]3CC=C4C[C@@H](O)CC[C@]4(C)[C@H]3CC[C@]12C.I. The lowest BCUT2D eigenvalue weighted by Crippen LogP contribution is -2.50. The molecule has 3 saturated carbocycles. The molecule has 168 valence electrons. The number of hydrogen-bond donors (Lipinski definition) is 1. The van der Waals surface area contributed by atoms with Crippen molar-refractivity contribution < 1.29 is 5.11 Å². The van der Waals surface area contributed by atoms with Gasteiger partial charge in [-0.25, -0.2) is 0 Å². The minimum Gasteiger partial charge on any atom is -0.393 e. The Kier molecular flexibility index (Phi) is 7.57. The molecule has 1 N–H and O–H groups in total. The maximum atomic E-state index is 10.2. The summed E-state index contributed by atoms with van der Waals surface area (Å²) in [4.78, 5) is 0. The summed E-state index contributed by atoms with van der Waals surface area (Å²) in [5.41, 5.74) is 2.60. The van der Waals surface area contributed by atoms with E-state index >= 15 is 0 Å². The molecule has 0 bridgehead atoms. The smallest absolute Gasteiger partial charge is 0.0577 e. The van der Waals surface area contributed by atoms with E-state index < -0.39 is 0 Å². The summed E-state index contributed by atoms with van der Waals surface area (Å²) in [5, 5.41) is 10.2. The molecule has 0 unspecified atom stereocenters. The predicted octanol–water partition coefficient (Wildman–Crippen LogP) is 8.01. The van der Waals surface area contributed by atoms with Crippen LogP contribution in [-0.2, 0) is 0 Å². The van der Waals surface area contributed by atoms with Gasteiger partial charge in [0.2, 0.25) is 0 Å². The molecule has 4 rings (SSSR count). The molecule has 3 fully saturated rings. The highest BCUT2D eigenvalue weighted by Gasteiger charge is 2.59. The fourth-order valence-electron chi connectivity index (χ4n) is 8.67. The third-order valence-electron chi connectivity index (χ3n) is 10.3. The molecule has 0 aliphatic heterocycles. The van der Waals surface area contributed by atoms with Crippen LogP contribution in [0.3, 0.4) is 0 Å². The van der Waals surface area contributed by atoms with Crippen LogP contribution in [0.5, 0.6) is 0 Å². The van der Waals surface area contributed by atoms with Crippen molar-refractivity contribution in [1.82, 2.24) is 0 Å². The zero-order valence-electron chi connectivity index (χ0n) is 19.8. The Morgan fingerprint density at radius 3 is 2.48 bits per heavy atom. The van der Waals surface area contributed by atoms with Crippen molar-refractivity contribution in [3.05, 3.63) is 11.6 Å². The lowest BCUT2D eigenvalue weighted by atomic mass is 9.47. The average molecular weight is 515 g/mol. The van der Waals surface area contributed by atoms with E-state index in [2.05, 4.69) is 40.7 Å². The number of aliphatic hydroxyl groups is 1. The Bertz CT molecular complexity index is 597. The highest BCUT2D eigenvalue weighted by atomic mass is 127. The van der Waals surface area contributed by atoms with E-state index in [1.807, 2.05) is 0 Å². The van der Waals surface area contributed by atoms with Crippen LogP contribution in [0.15, 0.2) is 11.6 Å². The van der Waals surface area contributed by atoms with Crippen molar-refractivity contribution in [2.24, 2.45) is 46.3 Å². The van der Waals surface area contributed by atoms with Crippen molar-refractivity contribution in [3.63, 3.8) is 0 Å². The molecule has 0 amide bonds. The van der Waals surface area contributed by atoms with Gasteiger partial charge in [0.25, 0.3) is 0 Å². The van der Waals surface area contributed by atoms with E-state index in [1.54, 1.807) is 5.57 Å². The zero-order chi connectivity index (χ0) is 20.1.